The fraction of sp³-hybridized carbons (Fsp3) is 0.500. The van der Waals surface area contributed by atoms with Gasteiger partial charge in [0.25, 0.3) is 5.91 Å². The van der Waals surface area contributed by atoms with Crippen molar-refractivity contribution in [1.29, 1.82) is 0 Å². The van der Waals surface area contributed by atoms with Crippen LogP contribution in [0.5, 0.6) is 0 Å². The van der Waals surface area contributed by atoms with E-state index in [0.29, 0.717) is 17.9 Å². The number of carbonyl (C=O) groups is 1. The zero-order chi connectivity index (χ0) is 14.5. The van der Waals surface area contributed by atoms with Crippen LogP contribution in [0.4, 0.5) is 18.9 Å². The second kappa shape index (κ2) is 6.40. The Morgan fingerprint density at radius 3 is 2.68 bits per heavy atom. The number of carbonyl (C=O) groups excluding carboxylic acids is 1. The van der Waals surface area contributed by atoms with Crippen LogP contribution in [-0.4, -0.2) is 30.2 Å². The highest BCUT2D eigenvalue weighted by atomic mass is 19.4. The number of nitrogens with one attached hydrogen (secondary N) is 2. The van der Waals surface area contributed by atoms with Crippen LogP contribution in [0.15, 0.2) is 12.3 Å². The highest BCUT2D eigenvalue weighted by Crippen LogP contribution is 2.17. The van der Waals surface area contributed by atoms with Gasteiger partial charge in [-0.1, -0.05) is 6.92 Å². The molecule has 0 bridgehead atoms. The molecule has 1 aromatic rings. The van der Waals surface area contributed by atoms with Crippen molar-refractivity contribution in [3.05, 3.63) is 23.5 Å². The lowest BCUT2D eigenvalue weighted by Gasteiger charge is -2.13. The highest BCUT2D eigenvalue weighted by Gasteiger charge is 2.28. The van der Waals surface area contributed by atoms with Crippen LogP contribution in [0.1, 0.15) is 29.4 Å². The van der Waals surface area contributed by atoms with E-state index in [0.717, 1.165) is 6.42 Å². The smallest absolute Gasteiger partial charge is 0.384 e. The van der Waals surface area contributed by atoms with Gasteiger partial charge in [0.15, 0.2) is 0 Å². The number of aromatic nitrogens is 1. The largest absolute Gasteiger partial charge is 0.405 e. The lowest BCUT2D eigenvalue weighted by atomic mass is 10.2. The van der Waals surface area contributed by atoms with Gasteiger partial charge in [0, 0.05) is 18.4 Å². The third-order valence-electron chi connectivity index (χ3n) is 2.30. The minimum atomic E-state index is -4.43. The third kappa shape index (κ3) is 5.15. The Hall–Kier alpha value is -1.79. The molecular formula is C12H16F3N3O. The van der Waals surface area contributed by atoms with Gasteiger partial charge in [-0.25, -0.2) is 0 Å². The lowest BCUT2D eigenvalue weighted by molar-refractivity contribution is -0.123. The molecule has 2 N–H and O–H groups in total. The molecule has 0 saturated heterocycles. The first-order valence-corrected chi connectivity index (χ1v) is 5.89. The molecule has 7 heteroatoms. The molecule has 0 unspecified atom stereocenters. The van der Waals surface area contributed by atoms with E-state index in [9.17, 15) is 18.0 Å². The van der Waals surface area contributed by atoms with Gasteiger partial charge in [-0.05, 0) is 19.4 Å². The first kappa shape index (κ1) is 15.3. The fourth-order valence-corrected chi connectivity index (χ4v) is 1.42. The molecular weight excluding hydrogens is 259 g/mol. The van der Waals surface area contributed by atoms with Crippen LogP contribution in [0.2, 0.25) is 0 Å². The van der Waals surface area contributed by atoms with Gasteiger partial charge in [-0.2, -0.15) is 13.2 Å². The molecule has 1 heterocycles. The summed E-state index contributed by atoms with van der Waals surface area (Å²) in [5.74, 6) is -0.788. The molecule has 0 aliphatic heterocycles. The number of nitrogens with zero attached hydrogens (tertiary/aromatic N) is 1. The molecule has 0 fully saturated rings. The van der Waals surface area contributed by atoms with Gasteiger partial charge < -0.3 is 10.6 Å². The molecule has 0 aliphatic carbocycles. The van der Waals surface area contributed by atoms with Gasteiger partial charge in [-0.15, -0.1) is 0 Å². The maximum absolute atomic E-state index is 12.1. The van der Waals surface area contributed by atoms with E-state index >= 15 is 0 Å². The summed E-state index contributed by atoms with van der Waals surface area (Å²) in [5.41, 5.74) is 1.29. The van der Waals surface area contributed by atoms with Gasteiger partial charge >= 0.3 is 6.18 Å². The molecule has 0 saturated carbocycles. The van der Waals surface area contributed by atoms with Crippen molar-refractivity contribution in [1.82, 2.24) is 10.3 Å². The number of anilines is 1. The van der Waals surface area contributed by atoms with Crippen LogP contribution >= 0.6 is 0 Å². The van der Waals surface area contributed by atoms with Crippen molar-refractivity contribution in [3.8, 4) is 0 Å². The Labute approximate surface area is 109 Å². The number of hydrogen-bond donors (Lipinski definition) is 2. The predicted molar refractivity (Wildman–Crippen MR) is 66.1 cm³/mol. The van der Waals surface area contributed by atoms with E-state index in [4.69, 9.17) is 0 Å². The Bertz CT molecular complexity index is 446. The summed E-state index contributed by atoms with van der Waals surface area (Å²) in [6.07, 6.45) is -2.31. The van der Waals surface area contributed by atoms with E-state index in [1.165, 1.54) is 6.20 Å². The number of rotatable bonds is 5. The Morgan fingerprint density at radius 2 is 2.11 bits per heavy atom. The molecule has 0 atom stereocenters. The fourth-order valence-electron chi connectivity index (χ4n) is 1.42. The number of aryl methyl sites for hydroxylation is 1. The summed E-state index contributed by atoms with van der Waals surface area (Å²) in [4.78, 5) is 15.6. The SMILES string of the molecule is CCCNc1cc(C)ncc1C(=O)NCC(F)(F)F. The average molecular weight is 275 g/mol. The van der Waals surface area contributed by atoms with Crippen molar-refractivity contribution in [2.75, 3.05) is 18.4 Å². The summed E-state index contributed by atoms with van der Waals surface area (Å²) in [6.45, 7) is 2.97. The lowest BCUT2D eigenvalue weighted by Crippen LogP contribution is -2.34. The second-order valence-electron chi connectivity index (χ2n) is 4.10. The normalized spacial score (nSPS) is 11.2. The first-order chi connectivity index (χ1) is 8.83. The van der Waals surface area contributed by atoms with Crippen molar-refractivity contribution < 1.29 is 18.0 Å². The zero-order valence-corrected chi connectivity index (χ0v) is 10.8. The van der Waals surface area contributed by atoms with Crippen LogP contribution in [0.3, 0.4) is 0 Å². The van der Waals surface area contributed by atoms with Crippen LogP contribution in [-0.2, 0) is 0 Å². The molecule has 0 aromatic carbocycles. The van der Waals surface area contributed by atoms with Crippen LogP contribution in [0.25, 0.3) is 0 Å². The topological polar surface area (TPSA) is 54.0 Å². The zero-order valence-electron chi connectivity index (χ0n) is 10.8. The second-order valence-corrected chi connectivity index (χ2v) is 4.10. The van der Waals surface area contributed by atoms with Crippen molar-refractivity contribution >= 4 is 11.6 Å². The summed E-state index contributed by atoms with van der Waals surface area (Å²) in [6, 6.07) is 1.64. The maximum atomic E-state index is 12.1. The van der Waals surface area contributed by atoms with Crippen LogP contribution < -0.4 is 10.6 Å². The maximum Gasteiger partial charge on any atom is 0.405 e. The minimum Gasteiger partial charge on any atom is -0.384 e. The molecule has 19 heavy (non-hydrogen) atoms. The Morgan fingerprint density at radius 1 is 1.42 bits per heavy atom. The summed E-state index contributed by atoms with van der Waals surface area (Å²) in [5, 5.41) is 4.83. The molecule has 0 aliphatic rings. The molecule has 1 amide bonds. The minimum absolute atomic E-state index is 0.114. The number of alkyl halides is 3. The molecule has 106 valence electrons. The molecule has 1 aromatic heterocycles. The standard InChI is InChI=1S/C12H16F3N3O/c1-3-4-16-10-5-8(2)17-6-9(10)11(19)18-7-12(13,14)15/h5-6H,3-4,7H2,1-2H3,(H,16,17)(H,18,19). The number of halogens is 3. The molecule has 1 rings (SSSR count). The number of hydrogen-bond acceptors (Lipinski definition) is 3. The quantitative estimate of drug-likeness (QED) is 0.868. The molecule has 0 radical (unpaired) electrons. The van der Waals surface area contributed by atoms with Crippen molar-refractivity contribution in [3.63, 3.8) is 0 Å². The van der Waals surface area contributed by atoms with Crippen molar-refractivity contribution in [2.45, 2.75) is 26.4 Å². The van der Waals surface area contributed by atoms with Gasteiger partial charge in [-0.3, -0.25) is 9.78 Å². The third-order valence-corrected chi connectivity index (χ3v) is 2.30. The number of amides is 1. The van der Waals surface area contributed by atoms with E-state index < -0.39 is 18.6 Å². The van der Waals surface area contributed by atoms with E-state index in [2.05, 4.69) is 10.3 Å². The van der Waals surface area contributed by atoms with Gasteiger partial charge in [0.2, 0.25) is 0 Å². The first-order valence-electron chi connectivity index (χ1n) is 5.89. The highest BCUT2D eigenvalue weighted by molar-refractivity contribution is 5.99. The molecule has 0 spiro atoms. The monoisotopic (exact) mass is 275 g/mol. The van der Waals surface area contributed by atoms with E-state index in [1.54, 1.807) is 13.0 Å². The Kier molecular flexibility index (Phi) is 5.14. The van der Waals surface area contributed by atoms with Gasteiger partial charge in [0.05, 0.1) is 11.3 Å². The number of pyridine rings is 1. The van der Waals surface area contributed by atoms with Crippen LogP contribution in [0, 0.1) is 6.92 Å². The van der Waals surface area contributed by atoms with E-state index in [-0.39, 0.29) is 5.56 Å². The average Bonchev–Trinajstić information content (AvgIpc) is 2.32. The summed E-state index contributed by atoms with van der Waals surface area (Å²) in [7, 11) is 0. The Balaban J connectivity index is 2.83. The predicted octanol–water partition coefficient (Wildman–Crippen LogP) is 2.50. The summed E-state index contributed by atoms with van der Waals surface area (Å²) >= 11 is 0. The molecule has 4 nitrogen and oxygen atoms in total. The van der Waals surface area contributed by atoms with Gasteiger partial charge in [0.1, 0.15) is 6.54 Å². The van der Waals surface area contributed by atoms with E-state index in [1.807, 2.05) is 12.2 Å². The van der Waals surface area contributed by atoms with Crippen molar-refractivity contribution in [2.24, 2.45) is 0 Å². The summed E-state index contributed by atoms with van der Waals surface area (Å²) < 4.78 is 36.2.